The van der Waals surface area contributed by atoms with Crippen LogP contribution in [0, 0.1) is 6.92 Å². The van der Waals surface area contributed by atoms with Crippen LogP contribution in [-0.4, -0.2) is 29.2 Å². The van der Waals surface area contributed by atoms with E-state index in [0.717, 1.165) is 11.1 Å². The number of carbonyl (C=O) groups is 3. The van der Waals surface area contributed by atoms with Crippen molar-refractivity contribution in [2.75, 3.05) is 6.54 Å². The normalized spacial score (nSPS) is 13.1. The summed E-state index contributed by atoms with van der Waals surface area (Å²) in [6.45, 7) is 2.74. The van der Waals surface area contributed by atoms with E-state index < -0.39 is 0 Å². The largest absolute Gasteiger partial charge is 0.352 e. The van der Waals surface area contributed by atoms with Crippen molar-refractivity contribution < 1.29 is 14.4 Å². The van der Waals surface area contributed by atoms with Crippen LogP contribution in [0.5, 0.6) is 0 Å². The lowest BCUT2D eigenvalue weighted by atomic mass is 10.1. The molecule has 1 heterocycles. The molecular formula is C20H20N2O3. The Balaban J connectivity index is 1.47. The first-order valence-corrected chi connectivity index (χ1v) is 8.34. The minimum Gasteiger partial charge on any atom is -0.352 e. The predicted octanol–water partition coefficient (Wildman–Crippen LogP) is 2.69. The minimum atomic E-state index is -0.277. The lowest BCUT2D eigenvalue weighted by molar-refractivity contribution is -0.121. The van der Waals surface area contributed by atoms with Gasteiger partial charge in [-0.3, -0.25) is 19.3 Å². The van der Waals surface area contributed by atoms with Crippen molar-refractivity contribution in [1.29, 1.82) is 0 Å². The zero-order valence-corrected chi connectivity index (χ0v) is 14.1. The molecule has 0 fully saturated rings. The molecule has 2 aromatic carbocycles. The number of aryl methyl sites for hydroxylation is 1. The standard InChI is InChI=1S/C20H20N2O3/c1-14-7-2-3-8-15(14)13-21-18(23)11-6-12-22-19(24)16-9-4-5-10-17(16)20(22)25/h2-5,7-10H,6,11-13H2,1H3,(H,21,23). The number of imide groups is 1. The Kier molecular flexibility index (Phi) is 4.93. The monoisotopic (exact) mass is 336 g/mol. The van der Waals surface area contributed by atoms with Crippen LogP contribution in [0.15, 0.2) is 48.5 Å². The second-order valence-corrected chi connectivity index (χ2v) is 6.11. The summed E-state index contributed by atoms with van der Waals surface area (Å²) in [5, 5.41) is 2.88. The molecule has 0 unspecified atom stereocenters. The van der Waals surface area contributed by atoms with E-state index in [1.807, 2.05) is 31.2 Å². The van der Waals surface area contributed by atoms with Crippen molar-refractivity contribution in [3.8, 4) is 0 Å². The average molecular weight is 336 g/mol. The molecule has 25 heavy (non-hydrogen) atoms. The number of rotatable bonds is 6. The maximum atomic E-state index is 12.2. The van der Waals surface area contributed by atoms with Crippen LogP contribution in [0.4, 0.5) is 0 Å². The van der Waals surface area contributed by atoms with Gasteiger partial charge in [-0.1, -0.05) is 36.4 Å². The van der Waals surface area contributed by atoms with Crippen LogP contribution < -0.4 is 5.32 Å². The molecule has 5 nitrogen and oxygen atoms in total. The molecule has 0 aliphatic carbocycles. The number of benzene rings is 2. The Hall–Kier alpha value is -2.95. The first kappa shape index (κ1) is 16.9. The number of fused-ring (bicyclic) bond motifs is 1. The molecular weight excluding hydrogens is 316 g/mol. The molecule has 3 amide bonds. The van der Waals surface area contributed by atoms with Gasteiger partial charge in [0.05, 0.1) is 11.1 Å². The summed E-state index contributed by atoms with van der Waals surface area (Å²) in [4.78, 5) is 37.7. The first-order valence-electron chi connectivity index (χ1n) is 8.34. The maximum Gasteiger partial charge on any atom is 0.261 e. The smallest absolute Gasteiger partial charge is 0.261 e. The van der Waals surface area contributed by atoms with Crippen LogP contribution in [-0.2, 0) is 11.3 Å². The summed E-state index contributed by atoms with van der Waals surface area (Å²) >= 11 is 0. The molecule has 0 bridgehead atoms. The highest BCUT2D eigenvalue weighted by molar-refractivity contribution is 6.21. The second-order valence-electron chi connectivity index (χ2n) is 6.11. The summed E-state index contributed by atoms with van der Waals surface area (Å²) in [5.74, 6) is -0.637. The van der Waals surface area contributed by atoms with E-state index in [-0.39, 0.29) is 30.7 Å². The maximum absolute atomic E-state index is 12.2. The third-order valence-corrected chi connectivity index (χ3v) is 4.40. The van der Waals surface area contributed by atoms with Crippen LogP contribution in [0.1, 0.15) is 44.7 Å². The Morgan fingerprint density at radius 1 is 0.960 bits per heavy atom. The van der Waals surface area contributed by atoms with Crippen LogP contribution in [0.25, 0.3) is 0 Å². The van der Waals surface area contributed by atoms with Gasteiger partial charge in [-0.15, -0.1) is 0 Å². The molecule has 0 radical (unpaired) electrons. The van der Waals surface area contributed by atoms with Gasteiger partial charge in [0.1, 0.15) is 0 Å². The lowest BCUT2D eigenvalue weighted by Gasteiger charge is -2.13. The molecule has 0 saturated heterocycles. The van der Waals surface area contributed by atoms with E-state index in [1.54, 1.807) is 24.3 Å². The van der Waals surface area contributed by atoms with E-state index in [2.05, 4.69) is 5.32 Å². The third-order valence-electron chi connectivity index (χ3n) is 4.40. The zero-order valence-electron chi connectivity index (χ0n) is 14.1. The molecule has 0 atom stereocenters. The average Bonchev–Trinajstić information content (AvgIpc) is 2.86. The Morgan fingerprint density at radius 3 is 2.20 bits per heavy atom. The molecule has 1 N–H and O–H groups in total. The number of nitrogens with one attached hydrogen (secondary N) is 1. The fourth-order valence-corrected chi connectivity index (χ4v) is 2.93. The Labute approximate surface area is 146 Å². The molecule has 5 heteroatoms. The van der Waals surface area contributed by atoms with Gasteiger partial charge in [0.25, 0.3) is 11.8 Å². The number of carbonyl (C=O) groups excluding carboxylic acids is 3. The van der Waals surface area contributed by atoms with Crippen LogP contribution in [0.2, 0.25) is 0 Å². The Morgan fingerprint density at radius 2 is 1.56 bits per heavy atom. The topological polar surface area (TPSA) is 66.5 Å². The number of hydrogen-bond donors (Lipinski definition) is 1. The number of hydrogen-bond acceptors (Lipinski definition) is 3. The lowest BCUT2D eigenvalue weighted by Crippen LogP contribution is -2.32. The predicted molar refractivity (Wildman–Crippen MR) is 94.1 cm³/mol. The number of nitrogens with zero attached hydrogens (tertiary/aromatic N) is 1. The van der Waals surface area contributed by atoms with E-state index in [1.165, 1.54) is 4.90 Å². The van der Waals surface area contributed by atoms with Gasteiger partial charge in [0, 0.05) is 19.5 Å². The van der Waals surface area contributed by atoms with Crippen molar-refractivity contribution >= 4 is 17.7 Å². The van der Waals surface area contributed by atoms with Crippen molar-refractivity contribution in [3.05, 3.63) is 70.8 Å². The van der Waals surface area contributed by atoms with Crippen molar-refractivity contribution in [2.45, 2.75) is 26.3 Å². The van der Waals surface area contributed by atoms with E-state index in [4.69, 9.17) is 0 Å². The highest BCUT2D eigenvalue weighted by atomic mass is 16.2. The van der Waals surface area contributed by atoms with Gasteiger partial charge in [-0.05, 0) is 36.6 Å². The first-order chi connectivity index (χ1) is 12.1. The van der Waals surface area contributed by atoms with Gasteiger partial charge < -0.3 is 5.32 Å². The molecule has 0 aromatic heterocycles. The summed E-state index contributed by atoms with van der Waals surface area (Å²) in [5.41, 5.74) is 3.10. The quantitative estimate of drug-likeness (QED) is 0.825. The highest BCUT2D eigenvalue weighted by Crippen LogP contribution is 2.22. The molecule has 0 saturated carbocycles. The summed E-state index contributed by atoms with van der Waals surface area (Å²) in [7, 11) is 0. The van der Waals surface area contributed by atoms with Crippen molar-refractivity contribution in [2.24, 2.45) is 0 Å². The van der Waals surface area contributed by atoms with Gasteiger partial charge in [0.15, 0.2) is 0 Å². The van der Waals surface area contributed by atoms with Crippen molar-refractivity contribution in [1.82, 2.24) is 10.2 Å². The van der Waals surface area contributed by atoms with Gasteiger partial charge in [-0.2, -0.15) is 0 Å². The van der Waals surface area contributed by atoms with Crippen LogP contribution in [0.3, 0.4) is 0 Å². The summed E-state index contributed by atoms with van der Waals surface area (Å²) in [6.07, 6.45) is 0.727. The van der Waals surface area contributed by atoms with E-state index in [0.29, 0.717) is 24.1 Å². The van der Waals surface area contributed by atoms with Gasteiger partial charge in [-0.25, -0.2) is 0 Å². The molecule has 2 aromatic rings. The molecule has 1 aliphatic rings. The SMILES string of the molecule is Cc1ccccc1CNC(=O)CCCN1C(=O)c2ccccc2C1=O. The highest BCUT2D eigenvalue weighted by Gasteiger charge is 2.34. The fourth-order valence-electron chi connectivity index (χ4n) is 2.93. The summed E-state index contributed by atoms with van der Waals surface area (Å²) < 4.78 is 0. The fraction of sp³-hybridized carbons (Fsp3) is 0.250. The Bertz CT molecular complexity index is 794. The number of amides is 3. The molecule has 0 spiro atoms. The molecule has 1 aliphatic heterocycles. The summed E-state index contributed by atoms with van der Waals surface area (Å²) in [6, 6.07) is 14.7. The molecule has 3 rings (SSSR count). The second kappa shape index (κ2) is 7.30. The van der Waals surface area contributed by atoms with Crippen molar-refractivity contribution in [3.63, 3.8) is 0 Å². The van der Waals surface area contributed by atoms with Gasteiger partial charge >= 0.3 is 0 Å². The third kappa shape index (κ3) is 3.60. The molecule has 128 valence electrons. The zero-order chi connectivity index (χ0) is 17.8. The minimum absolute atomic E-state index is 0.0835. The van der Waals surface area contributed by atoms with E-state index >= 15 is 0 Å². The van der Waals surface area contributed by atoms with Crippen LogP contribution >= 0.6 is 0 Å². The van der Waals surface area contributed by atoms with Gasteiger partial charge in [0.2, 0.25) is 5.91 Å². The van der Waals surface area contributed by atoms with E-state index in [9.17, 15) is 14.4 Å².